The van der Waals surface area contributed by atoms with Gasteiger partial charge in [0.15, 0.2) is 11.6 Å². The van der Waals surface area contributed by atoms with Gasteiger partial charge in [0.2, 0.25) is 0 Å². The number of alkyl halides is 3. The lowest BCUT2D eigenvalue weighted by atomic mass is 9.87. The van der Waals surface area contributed by atoms with Crippen LogP contribution >= 0.6 is 0 Å². The smallest absolute Gasteiger partial charge is 0.435 e. The topological polar surface area (TPSA) is 104 Å². The van der Waals surface area contributed by atoms with Gasteiger partial charge in [-0.05, 0) is 66.4 Å². The number of carbonyl (C=O) groups is 1. The van der Waals surface area contributed by atoms with Gasteiger partial charge in [-0.3, -0.25) is 14.5 Å². The molecule has 0 bridgehead atoms. The van der Waals surface area contributed by atoms with E-state index < -0.39 is 11.9 Å². The van der Waals surface area contributed by atoms with Gasteiger partial charge in [0.25, 0.3) is 5.91 Å². The maximum absolute atomic E-state index is 14.2. The van der Waals surface area contributed by atoms with Crippen LogP contribution in [0.2, 0.25) is 0 Å². The van der Waals surface area contributed by atoms with Crippen LogP contribution in [0.15, 0.2) is 55.0 Å². The molecule has 2 N–H and O–H groups in total. The number of carbonyl (C=O) groups excluding carboxylic acids is 1. The fraction of sp³-hybridized carbons (Fsp3) is 0.241. The number of aryl methyl sites for hydroxylation is 2. The Morgan fingerprint density at radius 1 is 1.10 bits per heavy atom. The maximum atomic E-state index is 14.2. The molecule has 5 aromatic rings. The molecule has 0 aliphatic carbocycles. The van der Waals surface area contributed by atoms with Gasteiger partial charge in [-0.15, -0.1) is 0 Å². The first-order chi connectivity index (χ1) is 19.5. The highest BCUT2D eigenvalue weighted by atomic mass is 19.4. The van der Waals surface area contributed by atoms with E-state index in [2.05, 4.69) is 15.1 Å². The van der Waals surface area contributed by atoms with Crippen molar-refractivity contribution >= 4 is 28.4 Å². The Balaban J connectivity index is 1.54. The van der Waals surface area contributed by atoms with Gasteiger partial charge in [0.05, 0.1) is 24.9 Å². The number of benzene rings is 2. The van der Waals surface area contributed by atoms with Crippen LogP contribution in [0.25, 0.3) is 22.0 Å². The molecular formula is C29H26F3N7O2. The number of amides is 1. The van der Waals surface area contributed by atoms with E-state index in [-0.39, 0.29) is 30.5 Å². The van der Waals surface area contributed by atoms with E-state index in [1.54, 1.807) is 41.0 Å². The molecule has 9 nitrogen and oxygen atoms in total. The Morgan fingerprint density at radius 3 is 2.59 bits per heavy atom. The molecule has 3 aromatic heterocycles. The number of methoxy groups -OCH3 is 1. The lowest BCUT2D eigenvalue weighted by molar-refractivity contribution is -0.140. The van der Waals surface area contributed by atoms with Gasteiger partial charge >= 0.3 is 6.18 Å². The summed E-state index contributed by atoms with van der Waals surface area (Å²) in [6, 6.07) is 10.7. The number of fused-ring (bicyclic) bond motifs is 2. The van der Waals surface area contributed by atoms with Gasteiger partial charge in [0.1, 0.15) is 5.75 Å². The molecule has 0 saturated heterocycles. The summed E-state index contributed by atoms with van der Waals surface area (Å²) in [5.41, 5.74) is 8.78. The van der Waals surface area contributed by atoms with E-state index in [0.29, 0.717) is 45.6 Å². The number of hydrogen-bond donors (Lipinski definition) is 1. The SMILES string of the molecule is COc1ccc2nc(C)cc(N3CCc4c(cc(Cn5ccnc5N)cc4-c4cn(C)nc4C(F)(F)F)C3=O)c2c1. The summed E-state index contributed by atoms with van der Waals surface area (Å²) in [6.45, 7) is 2.34. The number of ether oxygens (including phenoxy) is 1. The van der Waals surface area contributed by atoms with Crippen molar-refractivity contribution in [3.05, 3.63) is 83.1 Å². The molecule has 4 heterocycles. The summed E-state index contributed by atoms with van der Waals surface area (Å²) in [5.74, 6) is 0.551. The number of nitrogens with two attached hydrogens (primary N) is 1. The molecule has 41 heavy (non-hydrogen) atoms. The summed E-state index contributed by atoms with van der Waals surface area (Å²) in [4.78, 5) is 24.5. The summed E-state index contributed by atoms with van der Waals surface area (Å²) in [6.07, 6.45) is 0.216. The molecule has 1 aliphatic heterocycles. The highest BCUT2D eigenvalue weighted by Crippen LogP contribution is 2.41. The van der Waals surface area contributed by atoms with Crippen molar-refractivity contribution in [2.75, 3.05) is 24.3 Å². The van der Waals surface area contributed by atoms with Crippen LogP contribution in [0.1, 0.15) is 32.9 Å². The molecule has 12 heteroatoms. The number of rotatable bonds is 5. The average molecular weight is 562 g/mol. The van der Waals surface area contributed by atoms with E-state index in [1.807, 2.05) is 25.1 Å². The summed E-state index contributed by atoms with van der Waals surface area (Å²) in [7, 11) is 3.01. The minimum atomic E-state index is -4.68. The Hall–Kier alpha value is -4.87. The Bertz CT molecular complexity index is 1820. The van der Waals surface area contributed by atoms with Crippen LogP contribution in [-0.2, 0) is 26.2 Å². The molecular weight excluding hydrogens is 535 g/mol. The second-order valence-electron chi connectivity index (χ2n) is 10.0. The molecule has 0 atom stereocenters. The van der Waals surface area contributed by atoms with Crippen molar-refractivity contribution in [3.63, 3.8) is 0 Å². The van der Waals surface area contributed by atoms with Crippen molar-refractivity contribution in [2.24, 2.45) is 7.05 Å². The average Bonchev–Trinajstić information content (AvgIpc) is 3.53. The third-order valence-electron chi connectivity index (χ3n) is 7.27. The number of pyridine rings is 1. The third-order valence-corrected chi connectivity index (χ3v) is 7.27. The molecule has 2 aromatic carbocycles. The number of halogens is 3. The first kappa shape index (κ1) is 26.4. The zero-order chi connectivity index (χ0) is 29.1. The molecule has 0 unspecified atom stereocenters. The Labute approximate surface area is 233 Å². The lowest BCUT2D eigenvalue weighted by Gasteiger charge is -2.31. The van der Waals surface area contributed by atoms with Crippen LogP contribution in [0, 0.1) is 6.92 Å². The predicted molar refractivity (Wildman–Crippen MR) is 148 cm³/mol. The van der Waals surface area contributed by atoms with Crippen LogP contribution < -0.4 is 15.4 Å². The fourth-order valence-corrected chi connectivity index (χ4v) is 5.46. The van der Waals surface area contributed by atoms with Gasteiger partial charge in [-0.2, -0.15) is 18.3 Å². The molecule has 6 rings (SSSR count). The van der Waals surface area contributed by atoms with E-state index >= 15 is 0 Å². The number of hydrogen-bond acceptors (Lipinski definition) is 6. The molecule has 1 aliphatic rings. The second kappa shape index (κ2) is 9.65. The zero-order valence-electron chi connectivity index (χ0n) is 22.5. The predicted octanol–water partition coefficient (Wildman–Crippen LogP) is 5.00. The van der Waals surface area contributed by atoms with Crippen molar-refractivity contribution in [1.82, 2.24) is 24.3 Å². The van der Waals surface area contributed by atoms with E-state index in [9.17, 15) is 18.0 Å². The largest absolute Gasteiger partial charge is 0.497 e. The summed E-state index contributed by atoms with van der Waals surface area (Å²) in [5, 5.41) is 4.45. The normalized spacial score (nSPS) is 13.6. The molecule has 210 valence electrons. The summed E-state index contributed by atoms with van der Waals surface area (Å²) >= 11 is 0. The number of imidazole rings is 1. The Kier molecular flexibility index (Phi) is 6.20. The minimum Gasteiger partial charge on any atom is -0.497 e. The van der Waals surface area contributed by atoms with Crippen molar-refractivity contribution in [1.29, 1.82) is 0 Å². The molecule has 0 spiro atoms. The monoisotopic (exact) mass is 561 g/mol. The van der Waals surface area contributed by atoms with Crippen molar-refractivity contribution in [2.45, 2.75) is 26.1 Å². The van der Waals surface area contributed by atoms with Crippen LogP contribution in [0.5, 0.6) is 5.75 Å². The van der Waals surface area contributed by atoms with Gasteiger partial charge in [-0.25, -0.2) is 4.98 Å². The number of nitrogen functional groups attached to an aromatic ring is 1. The lowest BCUT2D eigenvalue weighted by Crippen LogP contribution is -2.38. The Morgan fingerprint density at radius 2 is 1.88 bits per heavy atom. The van der Waals surface area contributed by atoms with Gasteiger partial charge < -0.3 is 19.9 Å². The molecule has 0 saturated carbocycles. The van der Waals surface area contributed by atoms with Gasteiger partial charge in [-0.1, -0.05) is 0 Å². The maximum Gasteiger partial charge on any atom is 0.435 e. The molecule has 0 radical (unpaired) electrons. The van der Waals surface area contributed by atoms with Crippen LogP contribution in [-0.4, -0.2) is 43.9 Å². The van der Waals surface area contributed by atoms with E-state index in [1.165, 1.54) is 19.4 Å². The van der Waals surface area contributed by atoms with E-state index in [0.717, 1.165) is 15.8 Å². The highest BCUT2D eigenvalue weighted by molar-refractivity contribution is 6.13. The van der Waals surface area contributed by atoms with Gasteiger partial charge in [0, 0.05) is 54.4 Å². The standard InChI is InChI=1S/C29H26F3N7O2/c1-16-10-25(22-13-18(41-3)4-5-24(22)35-16)39-8-6-19-20(23-15-37(2)36-26(23)29(30,31)32)11-17(12-21(19)27(39)40)14-38-9-7-34-28(38)33/h4-5,7,9-13,15H,6,8,14H2,1-3H3,(H2,33,34). The number of anilines is 2. The van der Waals surface area contributed by atoms with E-state index in [4.69, 9.17) is 10.5 Å². The minimum absolute atomic E-state index is 0.0760. The number of nitrogens with zero attached hydrogens (tertiary/aromatic N) is 6. The fourth-order valence-electron chi connectivity index (χ4n) is 5.46. The first-order valence-corrected chi connectivity index (χ1v) is 12.8. The number of aromatic nitrogens is 5. The quantitative estimate of drug-likeness (QED) is 0.324. The molecule has 0 fully saturated rings. The van der Waals surface area contributed by atoms with Crippen molar-refractivity contribution in [3.8, 4) is 16.9 Å². The highest BCUT2D eigenvalue weighted by Gasteiger charge is 2.39. The third kappa shape index (κ3) is 4.64. The molecule has 1 amide bonds. The van der Waals surface area contributed by atoms with Crippen molar-refractivity contribution < 1.29 is 22.7 Å². The first-order valence-electron chi connectivity index (χ1n) is 12.8. The van der Waals surface area contributed by atoms with Crippen LogP contribution in [0.4, 0.5) is 24.8 Å². The summed E-state index contributed by atoms with van der Waals surface area (Å²) < 4.78 is 50.4. The van der Waals surface area contributed by atoms with Crippen LogP contribution in [0.3, 0.4) is 0 Å². The zero-order valence-corrected chi connectivity index (χ0v) is 22.5. The second-order valence-corrected chi connectivity index (χ2v) is 10.0.